The normalized spacial score (nSPS) is 10.3. The highest BCUT2D eigenvalue weighted by Crippen LogP contribution is 2.20. The highest BCUT2D eigenvalue weighted by molar-refractivity contribution is 6.33. The molecule has 0 saturated heterocycles. The summed E-state index contributed by atoms with van der Waals surface area (Å²) < 4.78 is 5.63. The number of rotatable bonds is 8. The van der Waals surface area contributed by atoms with Gasteiger partial charge in [-0.25, -0.2) is 0 Å². The van der Waals surface area contributed by atoms with Crippen molar-refractivity contribution in [1.29, 1.82) is 0 Å². The summed E-state index contributed by atoms with van der Waals surface area (Å²) in [4.78, 5) is 36.2. The standard InChI is InChI=1S/C21H24ClN3O4/c1-14(2)13-29-18-10-6-3-7-15(18)21(28)25-24-20(27)12-11-19(26)23-17-9-5-4-8-16(17)22/h3-10,14H,11-13H2,1-2H3,(H,23,26)(H,24,27)(H,25,28). The van der Waals surface area contributed by atoms with E-state index < -0.39 is 11.8 Å². The smallest absolute Gasteiger partial charge is 0.273 e. The zero-order valence-electron chi connectivity index (χ0n) is 16.3. The van der Waals surface area contributed by atoms with Crippen LogP contribution in [0.25, 0.3) is 0 Å². The van der Waals surface area contributed by atoms with Gasteiger partial charge in [0.15, 0.2) is 0 Å². The summed E-state index contributed by atoms with van der Waals surface area (Å²) in [7, 11) is 0. The second kappa shape index (κ2) is 11.1. The molecule has 2 aromatic carbocycles. The van der Waals surface area contributed by atoms with Gasteiger partial charge in [0.1, 0.15) is 5.75 Å². The highest BCUT2D eigenvalue weighted by Gasteiger charge is 2.14. The Bertz CT molecular complexity index is 871. The topological polar surface area (TPSA) is 96.5 Å². The maximum absolute atomic E-state index is 12.3. The quantitative estimate of drug-likeness (QED) is 0.572. The van der Waals surface area contributed by atoms with Gasteiger partial charge in [0, 0.05) is 12.8 Å². The summed E-state index contributed by atoms with van der Waals surface area (Å²) >= 11 is 5.97. The molecule has 2 rings (SSSR count). The predicted molar refractivity (Wildman–Crippen MR) is 112 cm³/mol. The Morgan fingerprint density at radius 2 is 1.59 bits per heavy atom. The minimum atomic E-state index is -0.502. The third-order valence-electron chi connectivity index (χ3n) is 3.75. The molecule has 0 saturated carbocycles. The van der Waals surface area contributed by atoms with Crippen molar-refractivity contribution in [3.05, 3.63) is 59.1 Å². The Morgan fingerprint density at radius 3 is 2.31 bits per heavy atom. The average molecular weight is 418 g/mol. The van der Waals surface area contributed by atoms with Gasteiger partial charge in [-0.3, -0.25) is 25.2 Å². The van der Waals surface area contributed by atoms with E-state index in [1.807, 2.05) is 13.8 Å². The fraction of sp³-hybridized carbons (Fsp3) is 0.286. The van der Waals surface area contributed by atoms with Gasteiger partial charge in [-0.15, -0.1) is 0 Å². The highest BCUT2D eigenvalue weighted by atomic mass is 35.5. The molecule has 0 unspecified atom stereocenters. The van der Waals surface area contributed by atoms with Crippen molar-refractivity contribution in [2.45, 2.75) is 26.7 Å². The van der Waals surface area contributed by atoms with Crippen molar-refractivity contribution < 1.29 is 19.1 Å². The minimum absolute atomic E-state index is 0.0546. The molecule has 0 aromatic heterocycles. The fourth-order valence-corrected chi connectivity index (χ4v) is 2.48. The van der Waals surface area contributed by atoms with Gasteiger partial charge in [0.25, 0.3) is 5.91 Å². The van der Waals surface area contributed by atoms with E-state index in [2.05, 4.69) is 16.2 Å². The maximum atomic E-state index is 12.3. The van der Waals surface area contributed by atoms with Crippen LogP contribution in [-0.4, -0.2) is 24.3 Å². The SMILES string of the molecule is CC(C)COc1ccccc1C(=O)NNC(=O)CCC(=O)Nc1ccccc1Cl. The monoisotopic (exact) mass is 417 g/mol. The van der Waals surface area contributed by atoms with E-state index in [0.717, 1.165) is 0 Å². The fourth-order valence-electron chi connectivity index (χ4n) is 2.30. The number of hydrazine groups is 1. The van der Waals surface area contributed by atoms with Crippen molar-refractivity contribution in [3.8, 4) is 5.75 Å². The van der Waals surface area contributed by atoms with Crippen LogP contribution < -0.4 is 20.9 Å². The number of nitrogens with one attached hydrogen (secondary N) is 3. The molecule has 8 heteroatoms. The van der Waals surface area contributed by atoms with Crippen molar-refractivity contribution in [2.24, 2.45) is 5.92 Å². The van der Waals surface area contributed by atoms with E-state index in [-0.39, 0.29) is 18.7 Å². The molecule has 0 spiro atoms. The Labute approximate surface area is 174 Å². The van der Waals surface area contributed by atoms with E-state index in [1.165, 1.54) is 0 Å². The van der Waals surface area contributed by atoms with E-state index in [9.17, 15) is 14.4 Å². The van der Waals surface area contributed by atoms with Crippen molar-refractivity contribution in [1.82, 2.24) is 10.9 Å². The number of halogens is 1. The molecule has 0 bridgehead atoms. The molecule has 2 aromatic rings. The van der Waals surface area contributed by atoms with Gasteiger partial charge in [0.2, 0.25) is 11.8 Å². The summed E-state index contributed by atoms with van der Waals surface area (Å²) in [5.41, 5.74) is 5.43. The zero-order valence-corrected chi connectivity index (χ0v) is 17.1. The number of amides is 3. The van der Waals surface area contributed by atoms with Gasteiger partial charge in [-0.1, -0.05) is 49.7 Å². The molecule has 0 aliphatic rings. The van der Waals surface area contributed by atoms with Crippen LogP contribution in [0.2, 0.25) is 5.02 Å². The zero-order chi connectivity index (χ0) is 21.2. The predicted octanol–water partition coefficient (Wildman–Crippen LogP) is 3.55. The lowest BCUT2D eigenvalue weighted by molar-refractivity contribution is -0.124. The first-order chi connectivity index (χ1) is 13.9. The van der Waals surface area contributed by atoms with Crippen LogP contribution in [0.4, 0.5) is 5.69 Å². The second-order valence-electron chi connectivity index (χ2n) is 6.73. The van der Waals surface area contributed by atoms with Crippen LogP contribution in [0.1, 0.15) is 37.0 Å². The van der Waals surface area contributed by atoms with E-state index in [4.69, 9.17) is 16.3 Å². The van der Waals surface area contributed by atoms with Crippen LogP contribution in [0.5, 0.6) is 5.75 Å². The molecule has 0 aliphatic heterocycles. The lowest BCUT2D eigenvalue weighted by atomic mass is 10.2. The molecule has 154 valence electrons. The molecule has 0 heterocycles. The molecular formula is C21H24ClN3O4. The molecule has 3 amide bonds. The molecule has 3 N–H and O–H groups in total. The lowest BCUT2D eigenvalue weighted by Gasteiger charge is -2.13. The van der Waals surface area contributed by atoms with E-state index in [0.29, 0.717) is 34.5 Å². The number of hydrogen-bond acceptors (Lipinski definition) is 4. The summed E-state index contributed by atoms with van der Waals surface area (Å²) in [5, 5.41) is 3.04. The Morgan fingerprint density at radius 1 is 0.931 bits per heavy atom. The van der Waals surface area contributed by atoms with Gasteiger partial charge < -0.3 is 10.1 Å². The number of carbonyl (C=O) groups is 3. The van der Waals surface area contributed by atoms with Crippen molar-refractivity contribution in [2.75, 3.05) is 11.9 Å². The Hall–Kier alpha value is -3.06. The molecule has 29 heavy (non-hydrogen) atoms. The van der Waals surface area contributed by atoms with Gasteiger partial charge >= 0.3 is 0 Å². The number of hydrogen-bond donors (Lipinski definition) is 3. The van der Waals surface area contributed by atoms with Gasteiger partial charge in [-0.2, -0.15) is 0 Å². The van der Waals surface area contributed by atoms with Crippen molar-refractivity contribution in [3.63, 3.8) is 0 Å². The van der Waals surface area contributed by atoms with Crippen LogP contribution in [-0.2, 0) is 9.59 Å². The number of anilines is 1. The Balaban J connectivity index is 1.79. The summed E-state index contributed by atoms with van der Waals surface area (Å²) in [6.45, 7) is 4.48. The van der Waals surface area contributed by atoms with Crippen LogP contribution in [0, 0.1) is 5.92 Å². The maximum Gasteiger partial charge on any atom is 0.273 e. The van der Waals surface area contributed by atoms with E-state index in [1.54, 1.807) is 48.5 Å². The largest absolute Gasteiger partial charge is 0.492 e. The van der Waals surface area contributed by atoms with Crippen LogP contribution >= 0.6 is 11.6 Å². The first-order valence-corrected chi connectivity index (χ1v) is 9.60. The number of carbonyl (C=O) groups excluding carboxylic acids is 3. The molecule has 0 aliphatic carbocycles. The summed E-state index contributed by atoms with van der Waals surface area (Å²) in [5.74, 6) is -0.603. The molecule has 0 fully saturated rings. The average Bonchev–Trinajstić information content (AvgIpc) is 2.70. The summed E-state index contributed by atoms with van der Waals surface area (Å²) in [6.07, 6.45) is -0.150. The lowest BCUT2D eigenvalue weighted by Crippen LogP contribution is -2.42. The van der Waals surface area contributed by atoms with E-state index >= 15 is 0 Å². The van der Waals surface area contributed by atoms with Crippen molar-refractivity contribution >= 4 is 35.0 Å². The Kier molecular flexibility index (Phi) is 8.48. The van der Waals surface area contributed by atoms with Crippen LogP contribution in [0.15, 0.2) is 48.5 Å². The number of benzene rings is 2. The molecular weight excluding hydrogens is 394 g/mol. The second-order valence-corrected chi connectivity index (χ2v) is 7.14. The van der Waals surface area contributed by atoms with Crippen LogP contribution in [0.3, 0.4) is 0 Å². The van der Waals surface area contributed by atoms with Gasteiger partial charge in [-0.05, 0) is 30.2 Å². The molecule has 7 nitrogen and oxygen atoms in total. The number of ether oxygens (including phenoxy) is 1. The third kappa shape index (κ3) is 7.46. The third-order valence-corrected chi connectivity index (χ3v) is 4.08. The summed E-state index contributed by atoms with van der Waals surface area (Å²) in [6, 6.07) is 13.6. The van der Waals surface area contributed by atoms with Gasteiger partial charge in [0.05, 0.1) is 22.9 Å². The minimum Gasteiger partial charge on any atom is -0.492 e. The first-order valence-electron chi connectivity index (χ1n) is 9.22. The molecule has 0 atom stereocenters. The first kappa shape index (κ1) is 22.2. The number of para-hydroxylation sites is 2. The molecule has 0 radical (unpaired) electrons.